The Morgan fingerprint density at radius 2 is 1.95 bits per heavy atom. The molecule has 0 atom stereocenters. The van der Waals surface area contributed by atoms with Crippen molar-refractivity contribution in [1.82, 2.24) is 10.2 Å². The van der Waals surface area contributed by atoms with Crippen molar-refractivity contribution in [2.24, 2.45) is 5.73 Å². The highest BCUT2D eigenvalue weighted by Gasteiger charge is 2.21. The van der Waals surface area contributed by atoms with Crippen LogP contribution in [-0.2, 0) is 0 Å². The lowest BCUT2D eigenvalue weighted by molar-refractivity contribution is 0.0915. The second-order valence-electron chi connectivity index (χ2n) is 4.86. The number of thiocarbonyl (C=S) groups is 1. The zero-order chi connectivity index (χ0) is 13.7. The van der Waals surface area contributed by atoms with Crippen LogP contribution in [0.4, 0.5) is 0 Å². The van der Waals surface area contributed by atoms with Gasteiger partial charge in [0.2, 0.25) is 0 Å². The molecule has 0 unspecified atom stereocenters. The van der Waals surface area contributed by atoms with Crippen LogP contribution < -0.4 is 11.1 Å². The van der Waals surface area contributed by atoms with E-state index in [9.17, 15) is 4.79 Å². The van der Waals surface area contributed by atoms with Crippen LogP contribution in [0.2, 0.25) is 0 Å². The number of piperidine rings is 1. The van der Waals surface area contributed by atoms with E-state index in [0.717, 1.165) is 25.9 Å². The SMILES string of the molecule is NC(=S)CN1CCC(NC(=O)c2ccccc2)CC1. The second kappa shape index (κ2) is 6.63. The minimum Gasteiger partial charge on any atom is -0.392 e. The number of rotatable bonds is 4. The third-order valence-electron chi connectivity index (χ3n) is 3.34. The fourth-order valence-corrected chi connectivity index (χ4v) is 2.50. The molecule has 1 aliphatic heterocycles. The van der Waals surface area contributed by atoms with Crippen molar-refractivity contribution in [2.45, 2.75) is 18.9 Å². The Balaban J connectivity index is 1.80. The molecule has 1 saturated heterocycles. The maximum absolute atomic E-state index is 12.0. The van der Waals surface area contributed by atoms with E-state index in [4.69, 9.17) is 18.0 Å². The highest BCUT2D eigenvalue weighted by atomic mass is 32.1. The van der Waals surface area contributed by atoms with Crippen LogP contribution in [0.15, 0.2) is 30.3 Å². The largest absolute Gasteiger partial charge is 0.392 e. The summed E-state index contributed by atoms with van der Waals surface area (Å²) >= 11 is 4.91. The first-order chi connectivity index (χ1) is 9.15. The standard InChI is InChI=1S/C14H19N3OS/c15-13(19)10-17-8-6-12(7-9-17)16-14(18)11-4-2-1-3-5-11/h1-5,12H,6-10H2,(H2,15,19)(H,16,18). The lowest BCUT2D eigenvalue weighted by Gasteiger charge is -2.31. The minimum atomic E-state index is 0.00777. The van der Waals surface area contributed by atoms with E-state index in [-0.39, 0.29) is 11.9 Å². The number of amides is 1. The minimum absolute atomic E-state index is 0.00777. The van der Waals surface area contributed by atoms with Crippen molar-refractivity contribution in [1.29, 1.82) is 0 Å². The lowest BCUT2D eigenvalue weighted by Crippen LogP contribution is -2.46. The summed E-state index contributed by atoms with van der Waals surface area (Å²) in [6.45, 7) is 2.53. The highest BCUT2D eigenvalue weighted by Crippen LogP contribution is 2.11. The number of hydrogen-bond donors (Lipinski definition) is 2. The monoisotopic (exact) mass is 277 g/mol. The Bertz CT molecular complexity index is 441. The topological polar surface area (TPSA) is 58.4 Å². The molecular formula is C14H19N3OS. The molecule has 2 rings (SSSR count). The third kappa shape index (κ3) is 4.29. The molecule has 0 aromatic heterocycles. The zero-order valence-electron chi connectivity index (χ0n) is 10.8. The van der Waals surface area contributed by atoms with Gasteiger partial charge in [-0.25, -0.2) is 0 Å². The number of nitrogens with two attached hydrogens (primary N) is 1. The molecule has 0 radical (unpaired) electrons. The fraction of sp³-hybridized carbons (Fsp3) is 0.429. The molecule has 102 valence electrons. The maximum atomic E-state index is 12.0. The summed E-state index contributed by atoms with van der Waals surface area (Å²) in [4.78, 5) is 14.8. The van der Waals surface area contributed by atoms with Gasteiger partial charge in [-0.1, -0.05) is 30.4 Å². The summed E-state index contributed by atoms with van der Waals surface area (Å²) in [5.74, 6) is 0.00777. The van der Waals surface area contributed by atoms with E-state index in [1.807, 2.05) is 30.3 Å². The van der Waals surface area contributed by atoms with Crippen molar-refractivity contribution in [2.75, 3.05) is 19.6 Å². The Kier molecular flexibility index (Phi) is 4.87. The first-order valence-corrected chi connectivity index (χ1v) is 6.92. The molecule has 5 heteroatoms. The lowest BCUT2D eigenvalue weighted by atomic mass is 10.0. The van der Waals surface area contributed by atoms with E-state index in [2.05, 4.69) is 10.2 Å². The molecule has 0 aliphatic carbocycles. The van der Waals surface area contributed by atoms with Gasteiger partial charge in [0, 0.05) is 31.2 Å². The second-order valence-corrected chi connectivity index (χ2v) is 5.38. The van der Waals surface area contributed by atoms with Crippen LogP contribution in [0.1, 0.15) is 23.2 Å². The zero-order valence-corrected chi connectivity index (χ0v) is 11.7. The Labute approximate surface area is 119 Å². The quantitative estimate of drug-likeness (QED) is 0.811. The summed E-state index contributed by atoms with van der Waals surface area (Å²) in [5.41, 5.74) is 6.25. The van der Waals surface area contributed by atoms with Crippen molar-refractivity contribution in [3.05, 3.63) is 35.9 Å². The number of nitrogens with zero attached hydrogens (tertiary/aromatic N) is 1. The number of carbonyl (C=O) groups is 1. The summed E-state index contributed by atoms with van der Waals surface area (Å²) in [6, 6.07) is 9.56. The maximum Gasteiger partial charge on any atom is 0.251 e. The van der Waals surface area contributed by atoms with Gasteiger partial charge in [-0.2, -0.15) is 0 Å². The van der Waals surface area contributed by atoms with Crippen LogP contribution in [0, 0.1) is 0 Å². The number of carbonyl (C=O) groups excluding carboxylic acids is 1. The van der Waals surface area contributed by atoms with Gasteiger partial charge < -0.3 is 11.1 Å². The van der Waals surface area contributed by atoms with E-state index >= 15 is 0 Å². The average Bonchev–Trinajstić information content (AvgIpc) is 2.41. The molecule has 1 amide bonds. The first kappa shape index (κ1) is 14.0. The number of benzene rings is 1. The summed E-state index contributed by atoms with van der Waals surface area (Å²) in [5, 5.41) is 3.08. The van der Waals surface area contributed by atoms with Gasteiger partial charge in [0.05, 0.1) is 4.99 Å². The van der Waals surface area contributed by atoms with Gasteiger partial charge in [-0.3, -0.25) is 9.69 Å². The molecule has 1 aromatic carbocycles. The Morgan fingerprint density at radius 1 is 1.32 bits per heavy atom. The van der Waals surface area contributed by atoms with Crippen molar-refractivity contribution in [3.63, 3.8) is 0 Å². The van der Waals surface area contributed by atoms with E-state index in [1.165, 1.54) is 0 Å². The van der Waals surface area contributed by atoms with Crippen molar-refractivity contribution in [3.8, 4) is 0 Å². The van der Waals surface area contributed by atoms with E-state index in [0.29, 0.717) is 17.1 Å². The predicted molar refractivity (Wildman–Crippen MR) is 80.2 cm³/mol. The molecule has 4 nitrogen and oxygen atoms in total. The molecule has 0 bridgehead atoms. The van der Waals surface area contributed by atoms with Crippen LogP contribution in [0.5, 0.6) is 0 Å². The van der Waals surface area contributed by atoms with Crippen LogP contribution in [0.25, 0.3) is 0 Å². The van der Waals surface area contributed by atoms with Crippen molar-refractivity contribution >= 4 is 23.1 Å². The number of likely N-dealkylation sites (tertiary alicyclic amines) is 1. The number of nitrogens with one attached hydrogen (secondary N) is 1. The summed E-state index contributed by atoms with van der Waals surface area (Å²) in [6.07, 6.45) is 1.89. The number of hydrogen-bond acceptors (Lipinski definition) is 3. The van der Waals surface area contributed by atoms with Gasteiger partial charge in [0.15, 0.2) is 0 Å². The molecular weight excluding hydrogens is 258 g/mol. The fourth-order valence-electron chi connectivity index (χ4n) is 2.31. The Morgan fingerprint density at radius 3 is 2.53 bits per heavy atom. The predicted octanol–water partition coefficient (Wildman–Crippen LogP) is 1.17. The van der Waals surface area contributed by atoms with Gasteiger partial charge >= 0.3 is 0 Å². The average molecular weight is 277 g/mol. The van der Waals surface area contributed by atoms with Crippen LogP contribution >= 0.6 is 12.2 Å². The normalized spacial score (nSPS) is 17.1. The molecule has 3 N–H and O–H groups in total. The first-order valence-electron chi connectivity index (χ1n) is 6.52. The third-order valence-corrected chi connectivity index (χ3v) is 3.47. The Hall–Kier alpha value is -1.46. The molecule has 0 saturated carbocycles. The smallest absolute Gasteiger partial charge is 0.251 e. The van der Waals surface area contributed by atoms with Gasteiger partial charge in [-0.15, -0.1) is 0 Å². The van der Waals surface area contributed by atoms with Crippen LogP contribution in [0.3, 0.4) is 0 Å². The van der Waals surface area contributed by atoms with Gasteiger partial charge in [0.25, 0.3) is 5.91 Å². The molecule has 1 aliphatic rings. The summed E-state index contributed by atoms with van der Waals surface area (Å²) < 4.78 is 0. The highest BCUT2D eigenvalue weighted by molar-refractivity contribution is 7.80. The molecule has 19 heavy (non-hydrogen) atoms. The van der Waals surface area contributed by atoms with E-state index < -0.39 is 0 Å². The molecule has 0 spiro atoms. The van der Waals surface area contributed by atoms with Crippen LogP contribution in [-0.4, -0.2) is 41.5 Å². The molecule has 1 aromatic rings. The molecule has 1 heterocycles. The van der Waals surface area contributed by atoms with E-state index in [1.54, 1.807) is 0 Å². The summed E-state index contributed by atoms with van der Waals surface area (Å²) in [7, 11) is 0. The van der Waals surface area contributed by atoms with Gasteiger partial charge in [-0.05, 0) is 25.0 Å². The molecule has 1 fully saturated rings. The van der Waals surface area contributed by atoms with Gasteiger partial charge in [0.1, 0.15) is 0 Å². The van der Waals surface area contributed by atoms with Crippen molar-refractivity contribution < 1.29 is 4.79 Å².